The number of urea groups is 1. The van der Waals surface area contributed by atoms with E-state index in [0.717, 1.165) is 6.42 Å². The number of hydrogen-bond acceptors (Lipinski definition) is 4. The Labute approximate surface area is 122 Å². The summed E-state index contributed by atoms with van der Waals surface area (Å²) >= 11 is 0. The Morgan fingerprint density at radius 2 is 2.00 bits per heavy atom. The summed E-state index contributed by atoms with van der Waals surface area (Å²) in [5.74, 6) is -1.93. The molecular weight excluding hydrogens is 280 g/mol. The number of aliphatic carboxylic acids is 2. The van der Waals surface area contributed by atoms with Crippen molar-refractivity contribution < 1.29 is 29.3 Å². The number of carboxylic acids is 2. The molecule has 0 radical (unpaired) electrons. The predicted molar refractivity (Wildman–Crippen MR) is 73.0 cm³/mol. The minimum Gasteiger partial charge on any atom is -0.481 e. The van der Waals surface area contributed by atoms with Gasteiger partial charge in [-0.05, 0) is 26.2 Å². The maximum atomic E-state index is 11.8. The van der Waals surface area contributed by atoms with Crippen LogP contribution >= 0.6 is 0 Å². The topological polar surface area (TPSA) is 125 Å². The Kier molecular flexibility index (Phi) is 6.93. The average Bonchev–Trinajstić information content (AvgIpc) is 2.90. The molecule has 3 atom stereocenters. The fourth-order valence-electron chi connectivity index (χ4n) is 2.19. The molecule has 0 bridgehead atoms. The highest BCUT2D eigenvalue weighted by atomic mass is 16.5. The van der Waals surface area contributed by atoms with E-state index in [1.165, 1.54) is 0 Å². The second kappa shape index (κ2) is 8.46. The summed E-state index contributed by atoms with van der Waals surface area (Å²) < 4.78 is 5.23. The maximum Gasteiger partial charge on any atom is 0.326 e. The van der Waals surface area contributed by atoms with Crippen molar-refractivity contribution in [3.8, 4) is 0 Å². The quantitative estimate of drug-likeness (QED) is 0.515. The Hall–Kier alpha value is -1.83. The zero-order chi connectivity index (χ0) is 15.8. The summed E-state index contributed by atoms with van der Waals surface area (Å²) in [6.07, 6.45) is 1.01. The molecule has 1 saturated heterocycles. The van der Waals surface area contributed by atoms with E-state index in [1.54, 1.807) is 0 Å². The summed E-state index contributed by atoms with van der Waals surface area (Å²) in [6.45, 7) is 3.10. The lowest BCUT2D eigenvalue weighted by atomic mass is 10.0. The van der Waals surface area contributed by atoms with Crippen LogP contribution in [0, 0.1) is 5.92 Å². The van der Waals surface area contributed by atoms with Gasteiger partial charge in [-0.25, -0.2) is 9.59 Å². The van der Waals surface area contributed by atoms with Crippen molar-refractivity contribution in [2.24, 2.45) is 5.92 Å². The SMILES string of the molecule is CC(NC(=O)N[C@H](CCCC(=O)O)C(=O)O)C1CCOC1. The Morgan fingerprint density at radius 3 is 2.52 bits per heavy atom. The van der Waals surface area contributed by atoms with Crippen LogP contribution in [0.3, 0.4) is 0 Å². The zero-order valence-electron chi connectivity index (χ0n) is 12.0. The first-order chi connectivity index (χ1) is 9.90. The van der Waals surface area contributed by atoms with Gasteiger partial charge in [0.1, 0.15) is 6.04 Å². The fraction of sp³-hybridized carbons (Fsp3) is 0.769. The van der Waals surface area contributed by atoms with Gasteiger partial charge in [0.2, 0.25) is 0 Å². The van der Waals surface area contributed by atoms with Gasteiger partial charge in [0.25, 0.3) is 0 Å². The van der Waals surface area contributed by atoms with Crippen LogP contribution in [-0.4, -0.2) is 53.5 Å². The number of carbonyl (C=O) groups is 3. The van der Waals surface area contributed by atoms with Crippen molar-refractivity contribution in [2.75, 3.05) is 13.2 Å². The first-order valence-corrected chi connectivity index (χ1v) is 6.99. The molecule has 0 spiro atoms. The second-order valence-electron chi connectivity index (χ2n) is 5.21. The van der Waals surface area contributed by atoms with Gasteiger partial charge in [-0.3, -0.25) is 4.79 Å². The number of hydrogen-bond donors (Lipinski definition) is 4. The Morgan fingerprint density at radius 1 is 1.29 bits per heavy atom. The van der Waals surface area contributed by atoms with Gasteiger partial charge < -0.3 is 25.6 Å². The van der Waals surface area contributed by atoms with Crippen LogP contribution in [0.5, 0.6) is 0 Å². The molecule has 8 heteroatoms. The minimum atomic E-state index is -1.17. The van der Waals surface area contributed by atoms with Crippen LogP contribution in [0.2, 0.25) is 0 Å². The van der Waals surface area contributed by atoms with Crippen molar-refractivity contribution in [2.45, 2.75) is 44.7 Å². The third-order valence-electron chi connectivity index (χ3n) is 3.52. The van der Waals surface area contributed by atoms with Crippen LogP contribution in [0.15, 0.2) is 0 Å². The van der Waals surface area contributed by atoms with Crippen LogP contribution in [0.4, 0.5) is 4.79 Å². The highest BCUT2D eigenvalue weighted by Crippen LogP contribution is 2.16. The number of rotatable bonds is 8. The van der Waals surface area contributed by atoms with Gasteiger partial charge in [-0.1, -0.05) is 0 Å². The minimum absolute atomic E-state index is 0.0793. The Balaban J connectivity index is 2.37. The normalized spacial score (nSPS) is 20.5. The highest BCUT2D eigenvalue weighted by Gasteiger charge is 2.25. The van der Waals surface area contributed by atoms with Crippen molar-refractivity contribution in [1.82, 2.24) is 10.6 Å². The highest BCUT2D eigenvalue weighted by molar-refractivity contribution is 5.82. The fourth-order valence-corrected chi connectivity index (χ4v) is 2.19. The number of carbonyl (C=O) groups excluding carboxylic acids is 1. The molecule has 2 amide bonds. The molecule has 1 heterocycles. The van der Waals surface area contributed by atoms with Crippen LogP contribution in [0.1, 0.15) is 32.6 Å². The summed E-state index contributed by atoms with van der Waals surface area (Å²) in [5, 5.41) is 22.6. The number of ether oxygens (including phenoxy) is 1. The van der Waals surface area contributed by atoms with E-state index < -0.39 is 24.0 Å². The molecule has 21 heavy (non-hydrogen) atoms. The largest absolute Gasteiger partial charge is 0.481 e. The van der Waals surface area contributed by atoms with Gasteiger partial charge in [-0.2, -0.15) is 0 Å². The summed E-state index contributed by atoms with van der Waals surface area (Å²) in [7, 11) is 0. The van der Waals surface area contributed by atoms with Crippen molar-refractivity contribution >= 4 is 18.0 Å². The molecule has 120 valence electrons. The summed E-state index contributed by atoms with van der Waals surface area (Å²) in [6, 6.07) is -1.76. The molecule has 4 N–H and O–H groups in total. The second-order valence-corrected chi connectivity index (χ2v) is 5.21. The lowest BCUT2D eigenvalue weighted by Crippen LogP contribution is -2.50. The predicted octanol–water partition coefficient (Wildman–Crippen LogP) is 0.419. The molecule has 8 nitrogen and oxygen atoms in total. The molecule has 1 aliphatic heterocycles. The molecule has 1 aliphatic rings. The number of carboxylic acid groups (broad SMARTS) is 2. The van der Waals surface area contributed by atoms with Gasteiger partial charge in [0.05, 0.1) is 6.61 Å². The lowest BCUT2D eigenvalue weighted by Gasteiger charge is -2.21. The van der Waals surface area contributed by atoms with E-state index in [4.69, 9.17) is 14.9 Å². The van der Waals surface area contributed by atoms with E-state index >= 15 is 0 Å². The van der Waals surface area contributed by atoms with E-state index in [1.807, 2.05) is 6.92 Å². The van der Waals surface area contributed by atoms with Crippen LogP contribution in [-0.2, 0) is 14.3 Å². The smallest absolute Gasteiger partial charge is 0.326 e. The summed E-state index contributed by atoms with van der Waals surface area (Å²) in [5.41, 5.74) is 0. The monoisotopic (exact) mass is 302 g/mol. The molecule has 0 saturated carbocycles. The van der Waals surface area contributed by atoms with Crippen molar-refractivity contribution in [3.05, 3.63) is 0 Å². The zero-order valence-corrected chi connectivity index (χ0v) is 12.0. The first-order valence-electron chi connectivity index (χ1n) is 6.99. The van der Waals surface area contributed by atoms with E-state index in [0.29, 0.717) is 13.2 Å². The van der Waals surface area contributed by atoms with Gasteiger partial charge in [0.15, 0.2) is 0 Å². The van der Waals surface area contributed by atoms with Crippen molar-refractivity contribution in [3.63, 3.8) is 0 Å². The van der Waals surface area contributed by atoms with Crippen LogP contribution < -0.4 is 10.6 Å². The molecule has 0 aromatic heterocycles. The lowest BCUT2D eigenvalue weighted by molar-refractivity contribution is -0.140. The Bertz CT molecular complexity index is 381. The number of amides is 2. The van der Waals surface area contributed by atoms with Gasteiger partial charge in [0, 0.05) is 25.0 Å². The molecule has 0 aromatic rings. The van der Waals surface area contributed by atoms with Gasteiger partial charge >= 0.3 is 18.0 Å². The third kappa shape index (κ3) is 6.44. The third-order valence-corrected chi connectivity index (χ3v) is 3.52. The molecule has 0 aromatic carbocycles. The van der Waals surface area contributed by atoms with E-state index in [9.17, 15) is 14.4 Å². The molecule has 2 unspecified atom stereocenters. The maximum absolute atomic E-state index is 11.8. The summed E-state index contributed by atoms with van der Waals surface area (Å²) in [4.78, 5) is 33.2. The van der Waals surface area contributed by atoms with E-state index in [-0.39, 0.29) is 31.2 Å². The first kappa shape index (κ1) is 17.2. The molecule has 0 aliphatic carbocycles. The molecule has 1 rings (SSSR count). The molecule has 1 fully saturated rings. The molecular formula is C13H22N2O6. The van der Waals surface area contributed by atoms with Crippen molar-refractivity contribution in [1.29, 1.82) is 0 Å². The number of nitrogens with one attached hydrogen (secondary N) is 2. The van der Waals surface area contributed by atoms with Gasteiger partial charge in [-0.15, -0.1) is 0 Å². The average molecular weight is 302 g/mol. The van der Waals surface area contributed by atoms with E-state index in [2.05, 4.69) is 10.6 Å². The standard InChI is InChI=1S/C13H22N2O6/c1-8(9-5-6-21-7-9)14-13(20)15-10(12(18)19)3-2-4-11(16)17/h8-10H,2-7H2,1H3,(H,16,17)(H,18,19)(H2,14,15,20)/t8?,9?,10-/m1/s1. The van der Waals surface area contributed by atoms with Crippen LogP contribution in [0.25, 0.3) is 0 Å².